The van der Waals surface area contributed by atoms with Crippen LogP contribution in [0.4, 0.5) is 29.0 Å². The third kappa shape index (κ3) is 18.1. The van der Waals surface area contributed by atoms with Crippen LogP contribution in [0.1, 0.15) is 179 Å². The van der Waals surface area contributed by atoms with Crippen LogP contribution in [0.25, 0.3) is 62.6 Å². The van der Waals surface area contributed by atoms with Crippen molar-refractivity contribution >= 4 is 52.6 Å². The summed E-state index contributed by atoms with van der Waals surface area (Å²) in [7, 11) is 0. The minimum Gasteiger partial charge on any atom is -0.370 e. The first-order valence-electron chi connectivity index (χ1n) is 43.3. The molecule has 0 radical (unpaired) electrons. The quantitative estimate of drug-likeness (QED) is 0.0685. The van der Waals surface area contributed by atoms with Gasteiger partial charge in [-0.05, 0) is 144 Å². The van der Waals surface area contributed by atoms with Crippen molar-refractivity contribution < 1.29 is 19.2 Å². The summed E-state index contributed by atoms with van der Waals surface area (Å²) in [5, 5.41) is 24.9. The number of anilines is 5. The van der Waals surface area contributed by atoms with Crippen molar-refractivity contribution in [3.05, 3.63) is 318 Å². The van der Waals surface area contributed by atoms with Crippen LogP contribution in [0.15, 0.2) is 256 Å². The molecule has 0 spiro atoms. The fourth-order valence-electron chi connectivity index (χ4n) is 17.2. The lowest BCUT2D eigenvalue weighted by Crippen LogP contribution is -2.40. The molecule has 8 aromatic heterocycles. The predicted octanol–water partition coefficient (Wildman–Crippen LogP) is 17.4. The average molecular weight is 1690 g/mol. The summed E-state index contributed by atoms with van der Waals surface area (Å²) >= 11 is 0. The van der Waals surface area contributed by atoms with Crippen molar-refractivity contribution in [1.82, 2.24) is 89.8 Å². The van der Waals surface area contributed by atoms with E-state index in [2.05, 4.69) is 158 Å². The Morgan fingerprint density at radius 2 is 0.646 bits per heavy atom. The first-order valence-corrected chi connectivity index (χ1v) is 43.3. The molecule has 13 heterocycles. The van der Waals surface area contributed by atoms with Gasteiger partial charge in [-0.1, -0.05) is 189 Å². The van der Waals surface area contributed by atoms with E-state index in [1.165, 1.54) is 27.9 Å². The number of nitrogens with zero attached hydrogens (tertiary/aromatic N) is 23. The molecule has 127 heavy (non-hydrogen) atoms. The van der Waals surface area contributed by atoms with Gasteiger partial charge in [0.2, 0.25) is 23.6 Å². The SMILES string of the molecule is CC(C)c1ccccc1-c1ncc2c(n1)N(CC1CCN(c3cccnc3)CC1)C(=O)C2.CC(C)c1ccccc1-c1ncc2c(n1)N(Cc1ccc(-n3nccn3)cc1)C(=O)C2.CC(C)c1ccccc1-c1ncc2c(n1)N([C@@H](C)c1ccc(-n3nccn3)cc1)C(=O)C2.CC(C)c1ccccc1-c1ncc2c(n1)N([C@H](C)c1ccc(-n3nccn3)cc1)C(=O)C2. The molecule has 1 saturated heterocycles. The number of piperidine rings is 1. The van der Waals surface area contributed by atoms with Gasteiger partial charge in [0.25, 0.3) is 0 Å². The number of hydrogen-bond acceptors (Lipinski definition) is 20. The van der Waals surface area contributed by atoms with Crippen molar-refractivity contribution in [2.24, 2.45) is 5.92 Å². The molecule has 5 aliphatic heterocycles. The van der Waals surface area contributed by atoms with Gasteiger partial charge in [-0.2, -0.15) is 45.0 Å². The molecule has 0 unspecified atom stereocenters. The van der Waals surface area contributed by atoms with Crippen molar-refractivity contribution in [2.45, 2.75) is 150 Å². The molecule has 0 saturated carbocycles. The lowest BCUT2D eigenvalue weighted by Gasteiger charge is -2.35. The van der Waals surface area contributed by atoms with E-state index in [-0.39, 0.29) is 35.7 Å². The highest BCUT2D eigenvalue weighted by atomic mass is 16.2. The Hall–Kier alpha value is -14.9. The Bertz CT molecular complexity index is 6220. The zero-order chi connectivity index (χ0) is 87.9. The molecule has 7 aromatic carbocycles. The zero-order valence-corrected chi connectivity index (χ0v) is 72.8. The van der Waals surface area contributed by atoms with Crippen LogP contribution in [-0.4, -0.2) is 133 Å². The van der Waals surface area contributed by atoms with Crippen LogP contribution >= 0.6 is 0 Å². The van der Waals surface area contributed by atoms with Gasteiger partial charge in [0.1, 0.15) is 23.3 Å². The number of hydrogen-bond donors (Lipinski definition) is 0. The van der Waals surface area contributed by atoms with E-state index >= 15 is 0 Å². The van der Waals surface area contributed by atoms with Gasteiger partial charge in [-0.3, -0.25) is 43.8 Å². The smallest absolute Gasteiger partial charge is 0.233 e. The maximum Gasteiger partial charge on any atom is 0.233 e. The molecular formula is C100H99N23O4. The van der Waals surface area contributed by atoms with E-state index in [4.69, 9.17) is 19.9 Å². The molecule has 5 aliphatic rings. The summed E-state index contributed by atoms with van der Waals surface area (Å²) in [5.41, 5.74) is 19.3. The predicted molar refractivity (Wildman–Crippen MR) is 490 cm³/mol. The molecular weight excluding hydrogens is 1590 g/mol. The summed E-state index contributed by atoms with van der Waals surface area (Å²) in [6.07, 6.45) is 24.3. The van der Waals surface area contributed by atoms with Crippen LogP contribution in [-0.2, 0) is 51.4 Å². The summed E-state index contributed by atoms with van der Waals surface area (Å²) in [4.78, 5) is 108. The number of aromatic nitrogens is 18. The first-order chi connectivity index (χ1) is 61.7. The minimum atomic E-state index is -0.161. The molecule has 4 amide bonds. The molecule has 27 heteroatoms. The highest BCUT2D eigenvalue weighted by Crippen LogP contribution is 2.42. The second kappa shape index (κ2) is 37.3. The van der Waals surface area contributed by atoms with Gasteiger partial charge in [0.15, 0.2) is 23.3 Å². The molecule has 638 valence electrons. The van der Waals surface area contributed by atoms with E-state index < -0.39 is 0 Å². The molecule has 2 atom stereocenters. The summed E-state index contributed by atoms with van der Waals surface area (Å²) < 4.78 is 0. The van der Waals surface area contributed by atoms with Gasteiger partial charge in [0, 0.05) is 95.1 Å². The highest BCUT2D eigenvalue weighted by molar-refractivity contribution is 6.03. The molecule has 1 fully saturated rings. The number of pyridine rings is 1. The zero-order valence-electron chi connectivity index (χ0n) is 72.8. The highest BCUT2D eigenvalue weighted by Gasteiger charge is 2.38. The maximum atomic E-state index is 13.0. The Labute approximate surface area is 737 Å². The van der Waals surface area contributed by atoms with Gasteiger partial charge in [-0.25, -0.2) is 39.9 Å². The number of rotatable bonds is 20. The van der Waals surface area contributed by atoms with Crippen molar-refractivity contribution in [1.29, 1.82) is 0 Å². The Morgan fingerprint density at radius 3 is 1.00 bits per heavy atom. The third-order valence-electron chi connectivity index (χ3n) is 24.0. The summed E-state index contributed by atoms with van der Waals surface area (Å²) in [6.45, 7) is 24.5. The van der Waals surface area contributed by atoms with E-state index in [1.54, 1.807) is 84.9 Å². The van der Waals surface area contributed by atoms with Gasteiger partial charge in [0.05, 0.1) is 110 Å². The van der Waals surface area contributed by atoms with Crippen LogP contribution in [0.3, 0.4) is 0 Å². The Kier molecular flexibility index (Phi) is 24.8. The number of carbonyl (C=O) groups excluding carboxylic acids is 4. The molecule has 0 aliphatic carbocycles. The third-order valence-corrected chi connectivity index (χ3v) is 24.0. The van der Waals surface area contributed by atoms with Crippen LogP contribution < -0.4 is 24.5 Å². The van der Waals surface area contributed by atoms with Crippen LogP contribution in [0.5, 0.6) is 0 Å². The van der Waals surface area contributed by atoms with Crippen LogP contribution in [0, 0.1) is 5.92 Å². The number of carbonyl (C=O) groups is 4. The molecule has 0 N–H and O–H groups in total. The van der Waals surface area contributed by atoms with E-state index in [9.17, 15) is 19.2 Å². The second-order valence-corrected chi connectivity index (χ2v) is 33.7. The average Bonchev–Trinajstić information content (AvgIpc) is 1.67. The van der Waals surface area contributed by atoms with E-state index in [0.29, 0.717) is 103 Å². The van der Waals surface area contributed by atoms with Crippen molar-refractivity contribution in [2.75, 3.05) is 44.1 Å². The second-order valence-electron chi connectivity index (χ2n) is 33.7. The Morgan fingerprint density at radius 1 is 0.323 bits per heavy atom. The molecule has 27 nitrogen and oxygen atoms in total. The summed E-state index contributed by atoms with van der Waals surface area (Å²) in [6, 6.07) is 60.3. The lowest BCUT2D eigenvalue weighted by molar-refractivity contribution is -0.118. The normalized spacial score (nSPS) is 14.5. The minimum absolute atomic E-state index is 0.0360. The fourth-order valence-corrected chi connectivity index (χ4v) is 17.2. The first kappa shape index (κ1) is 84.3. The monoisotopic (exact) mass is 1690 g/mol. The Balaban J connectivity index is 0.000000119. The maximum absolute atomic E-state index is 13.0. The van der Waals surface area contributed by atoms with Crippen LogP contribution in [0.2, 0.25) is 0 Å². The van der Waals surface area contributed by atoms with Crippen molar-refractivity contribution in [3.8, 4) is 62.6 Å². The standard InChI is InChI=1S/C26H29N5O.2C25H24N6O.C24H22N6O/c1-18(2)22-7-3-4-8-23(22)25-28-15-20-14-24(32)31(26(20)29-25)17-19-9-12-30(13-10-19)21-6-5-11-27-16-21;2*1-16(2)21-6-4-5-7-22(21)24-26-15-19-14-23(32)30(25(19)29-24)17(3)18-8-10-20(11-9-18)31-27-12-13-28-31;1-16(2)20-5-3-4-6-21(20)23-25-14-18-13-22(31)29(24(18)28-23)15-17-7-9-19(10-8-17)30-26-11-12-27-30/h3-8,11,15-16,18-19H,9-10,12-14,17H2,1-2H3;2*4-13,15-17H,14H2,1-3H3;3-12,14,16H,13,15H2,1-2H3/t;2*17-;/m.10./s1. The van der Waals surface area contributed by atoms with Crippen molar-refractivity contribution in [3.63, 3.8) is 0 Å². The van der Waals surface area contributed by atoms with Gasteiger partial charge >= 0.3 is 0 Å². The lowest BCUT2D eigenvalue weighted by atomic mass is 9.96. The van der Waals surface area contributed by atoms with E-state index in [0.717, 1.165) is 117 Å². The largest absolute Gasteiger partial charge is 0.370 e. The number of benzene rings is 7. The topological polar surface area (TPSA) is 293 Å². The molecule has 20 rings (SSSR count). The molecule has 0 bridgehead atoms. The summed E-state index contributed by atoms with van der Waals surface area (Å²) in [5.74, 6) is 7.72. The van der Waals surface area contributed by atoms with Gasteiger partial charge < -0.3 is 4.90 Å². The molecule has 15 aromatic rings. The van der Waals surface area contributed by atoms with E-state index in [1.807, 2.05) is 177 Å². The van der Waals surface area contributed by atoms with Gasteiger partial charge in [-0.15, -0.1) is 0 Å². The fraction of sp³-hybridized carbons (Fsp3) is 0.270. The number of fused-ring (bicyclic) bond motifs is 4. The number of amides is 4.